The van der Waals surface area contributed by atoms with Crippen LogP contribution >= 0.6 is 0 Å². The molecule has 0 bridgehead atoms. The summed E-state index contributed by atoms with van der Waals surface area (Å²) in [7, 11) is 0. The van der Waals surface area contributed by atoms with E-state index in [1.807, 2.05) is 30.3 Å². The van der Waals surface area contributed by atoms with E-state index in [-0.39, 0.29) is 0 Å². The van der Waals surface area contributed by atoms with Crippen molar-refractivity contribution in [3.05, 3.63) is 35.9 Å². The summed E-state index contributed by atoms with van der Waals surface area (Å²) in [5.74, 6) is -1.45. The minimum Gasteiger partial charge on any atom is -0.480 e. The summed E-state index contributed by atoms with van der Waals surface area (Å²) >= 11 is 0. The van der Waals surface area contributed by atoms with Gasteiger partial charge in [-0.15, -0.1) is 0 Å². The van der Waals surface area contributed by atoms with Crippen LogP contribution in [0.25, 0.3) is 0 Å². The zero-order valence-corrected chi connectivity index (χ0v) is 11.1. The highest BCUT2D eigenvalue weighted by atomic mass is 16.5. The van der Waals surface area contributed by atoms with Gasteiger partial charge in [0.1, 0.15) is 12.1 Å². The van der Waals surface area contributed by atoms with Crippen molar-refractivity contribution in [1.82, 2.24) is 5.32 Å². The highest BCUT2D eigenvalue weighted by Crippen LogP contribution is 2.04. The van der Waals surface area contributed by atoms with E-state index in [1.165, 1.54) is 0 Å². The number of carboxylic acid groups (broad SMARTS) is 1. The molecule has 5 nitrogen and oxygen atoms in total. The summed E-state index contributed by atoms with van der Waals surface area (Å²) in [5, 5.41) is 11.3. The first-order valence-corrected chi connectivity index (χ1v) is 6.23. The molecule has 1 aromatic carbocycles. The van der Waals surface area contributed by atoms with Gasteiger partial charge in [-0.25, -0.2) is 4.79 Å². The predicted molar refractivity (Wildman–Crippen MR) is 70.6 cm³/mol. The van der Waals surface area contributed by atoms with Gasteiger partial charge in [0, 0.05) is 0 Å². The topological polar surface area (TPSA) is 75.6 Å². The number of ether oxygens (including phenoxy) is 1. The molecule has 0 aromatic heterocycles. The van der Waals surface area contributed by atoms with E-state index in [1.54, 1.807) is 13.8 Å². The van der Waals surface area contributed by atoms with Gasteiger partial charge in [0.15, 0.2) is 0 Å². The van der Waals surface area contributed by atoms with Crippen LogP contribution in [-0.2, 0) is 20.9 Å². The molecule has 0 aliphatic carbocycles. The fourth-order valence-corrected chi connectivity index (χ4v) is 1.50. The minimum absolute atomic E-state index is 0.319. The molecule has 2 atom stereocenters. The summed E-state index contributed by atoms with van der Waals surface area (Å²) in [6.07, 6.45) is -0.347. The third-order valence-corrected chi connectivity index (χ3v) is 2.73. The largest absolute Gasteiger partial charge is 0.480 e. The predicted octanol–water partition coefficient (Wildman–Crippen LogP) is 1.57. The normalized spacial score (nSPS) is 13.6. The lowest BCUT2D eigenvalue weighted by molar-refractivity contribution is -0.144. The summed E-state index contributed by atoms with van der Waals surface area (Å²) < 4.78 is 5.41. The van der Waals surface area contributed by atoms with Crippen molar-refractivity contribution in [2.45, 2.75) is 39.0 Å². The number of nitrogens with one attached hydrogen (secondary N) is 1. The molecule has 0 spiro atoms. The molecule has 0 heterocycles. The number of carbonyl (C=O) groups is 2. The first kappa shape index (κ1) is 15.2. The molecule has 0 radical (unpaired) electrons. The molecule has 0 fully saturated rings. The van der Waals surface area contributed by atoms with Crippen molar-refractivity contribution in [3.8, 4) is 0 Å². The lowest BCUT2D eigenvalue weighted by Crippen LogP contribution is -2.45. The van der Waals surface area contributed by atoms with Crippen LogP contribution in [0, 0.1) is 0 Å². The number of aliphatic carboxylic acids is 1. The molecule has 0 aliphatic heterocycles. The smallest absolute Gasteiger partial charge is 0.326 e. The van der Waals surface area contributed by atoms with Crippen LogP contribution in [0.5, 0.6) is 0 Å². The molecule has 0 saturated heterocycles. The maximum absolute atomic E-state index is 11.7. The number of rotatable bonds is 7. The first-order chi connectivity index (χ1) is 9.04. The lowest BCUT2D eigenvalue weighted by Gasteiger charge is -2.17. The van der Waals surface area contributed by atoms with Gasteiger partial charge in [-0.1, -0.05) is 37.3 Å². The number of amides is 1. The van der Waals surface area contributed by atoms with Crippen LogP contribution in [0.3, 0.4) is 0 Å². The molecule has 1 rings (SSSR count). The Morgan fingerprint density at radius 3 is 2.47 bits per heavy atom. The Labute approximate surface area is 112 Å². The fourth-order valence-electron chi connectivity index (χ4n) is 1.50. The number of hydrogen-bond acceptors (Lipinski definition) is 3. The number of carbonyl (C=O) groups excluding carboxylic acids is 1. The Hall–Kier alpha value is -1.88. The Morgan fingerprint density at radius 1 is 1.32 bits per heavy atom. The molecular formula is C14H19NO4. The molecule has 19 heavy (non-hydrogen) atoms. The third-order valence-electron chi connectivity index (χ3n) is 2.73. The Kier molecular flexibility index (Phi) is 6.02. The monoisotopic (exact) mass is 265 g/mol. The summed E-state index contributed by atoms with van der Waals surface area (Å²) in [6, 6.07) is 8.61. The molecular weight excluding hydrogens is 246 g/mol. The number of carboxylic acids is 1. The number of benzene rings is 1. The molecule has 5 heteroatoms. The van der Waals surface area contributed by atoms with E-state index in [2.05, 4.69) is 5.32 Å². The average molecular weight is 265 g/mol. The van der Waals surface area contributed by atoms with Crippen molar-refractivity contribution in [1.29, 1.82) is 0 Å². The fraction of sp³-hybridized carbons (Fsp3) is 0.429. The van der Waals surface area contributed by atoms with Crippen LogP contribution in [0.15, 0.2) is 30.3 Å². The van der Waals surface area contributed by atoms with Crippen molar-refractivity contribution in [2.75, 3.05) is 0 Å². The van der Waals surface area contributed by atoms with Crippen molar-refractivity contribution >= 4 is 11.9 Å². The van der Waals surface area contributed by atoms with Gasteiger partial charge in [-0.05, 0) is 18.9 Å². The highest BCUT2D eigenvalue weighted by Gasteiger charge is 2.21. The van der Waals surface area contributed by atoms with Crippen LogP contribution in [0.4, 0.5) is 0 Å². The maximum atomic E-state index is 11.7. The van der Waals surface area contributed by atoms with E-state index in [9.17, 15) is 9.59 Å². The van der Waals surface area contributed by atoms with E-state index in [4.69, 9.17) is 9.84 Å². The first-order valence-electron chi connectivity index (χ1n) is 6.23. The highest BCUT2D eigenvalue weighted by molar-refractivity contribution is 5.85. The Morgan fingerprint density at radius 2 is 1.95 bits per heavy atom. The van der Waals surface area contributed by atoms with Crippen molar-refractivity contribution < 1.29 is 19.4 Å². The van der Waals surface area contributed by atoms with Crippen molar-refractivity contribution in [2.24, 2.45) is 0 Å². The van der Waals surface area contributed by atoms with Crippen molar-refractivity contribution in [3.63, 3.8) is 0 Å². The molecule has 2 N–H and O–H groups in total. The quantitative estimate of drug-likeness (QED) is 0.784. The average Bonchev–Trinajstić information content (AvgIpc) is 2.42. The molecule has 0 saturated carbocycles. The molecule has 2 unspecified atom stereocenters. The van der Waals surface area contributed by atoms with Gasteiger partial charge < -0.3 is 15.2 Å². The molecule has 104 valence electrons. The second-order valence-corrected chi connectivity index (χ2v) is 4.25. The standard InChI is InChI=1S/C14H19NO4/c1-3-12(14(17)18)15-13(16)10(2)19-9-11-7-5-4-6-8-11/h4-8,10,12H,3,9H2,1-2H3,(H,15,16)(H,17,18). The van der Waals surface area contributed by atoms with Gasteiger partial charge in [0.05, 0.1) is 6.61 Å². The third kappa shape index (κ3) is 5.09. The summed E-state index contributed by atoms with van der Waals surface area (Å²) in [5.41, 5.74) is 0.965. The van der Waals surface area contributed by atoms with Crippen LogP contribution in [0.2, 0.25) is 0 Å². The summed E-state index contributed by atoms with van der Waals surface area (Å²) in [6.45, 7) is 3.63. The summed E-state index contributed by atoms with van der Waals surface area (Å²) in [4.78, 5) is 22.6. The lowest BCUT2D eigenvalue weighted by atomic mass is 10.2. The zero-order valence-electron chi connectivity index (χ0n) is 11.1. The maximum Gasteiger partial charge on any atom is 0.326 e. The number of hydrogen-bond donors (Lipinski definition) is 2. The van der Waals surface area contributed by atoms with Crippen LogP contribution < -0.4 is 5.32 Å². The second-order valence-electron chi connectivity index (χ2n) is 4.25. The SMILES string of the molecule is CCC(NC(=O)C(C)OCc1ccccc1)C(=O)O. The second kappa shape index (κ2) is 7.53. The van der Waals surface area contributed by atoms with E-state index in [0.29, 0.717) is 13.0 Å². The Balaban J connectivity index is 2.42. The van der Waals surface area contributed by atoms with Gasteiger partial charge in [-0.2, -0.15) is 0 Å². The van der Waals surface area contributed by atoms with Gasteiger partial charge in [0.2, 0.25) is 5.91 Å². The Bertz CT molecular complexity index is 419. The van der Waals surface area contributed by atoms with E-state index < -0.39 is 24.0 Å². The van der Waals surface area contributed by atoms with Gasteiger partial charge >= 0.3 is 5.97 Å². The molecule has 1 amide bonds. The van der Waals surface area contributed by atoms with E-state index >= 15 is 0 Å². The zero-order chi connectivity index (χ0) is 14.3. The van der Waals surface area contributed by atoms with Crippen LogP contribution in [0.1, 0.15) is 25.8 Å². The molecule has 0 aliphatic rings. The minimum atomic E-state index is -1.04. The van der Waals surface area contributed by atoms with E-state index in [0.717, 1.165) is 5.56 Å². The molecule has 1 aromatic rings. The van der Waals surface area contributed by atoms with Gasteiger partial charge in [-0.3, -0.25) is 4.79 Å². The van der Waals surface area contributed by atoms with Gasteiger partial charge in [0.25, 0.3) is 0 Å². The van der Waals surface area contributed by atoms with Crippen LogP contribution in [-0.4, -0.2) is 29.1 Å².